The second kappa shape index (κ2) is 38.9. The number of nitrogens with zero attached hydrogens (tertiary/aromatic N) is 14. The summed E-state index contributed by atoms with van der Waals surface area (Å²) in [4.78, 5) is 59.0. The second-order valence-electron chi connectivity index (χ2n) is 23.5. The van der Waals surface area contributed by atoms with E-state index in [-0.39, 0.29) is 64.0 Å². The molecule has 3 aromatic carbocycles. The summed E-state index contributed by atoms with van der Waals surface area (Å²) in [7, 11) is 7.60. The van der Waals surface area contributed by atoms with Gasteiger partial charge in [-0.3, -0.25) is 34.4 Å². The first-order valence-corrected chi connectivity index (χ1v) is 33.6. The van der Waals surface area contributed by atoms with Crippen LogP contribution in [-0.2, 0) is 17.6 Å². The standard InChI is InChI=1S/C24H34ClN7O2.C17H26N4O3.C17H28N4O.C7H7Cl2N3O.C5H11NO/c1-4-18-22(25)29-24(21(28-18)23(26)33)27-16-5-6-19(20(15-16)34-3)32-9-7-17(8-10-32)31-13-11-30(2)12-14-31;1-18-9-11-19(12-10-18)14-5-7-20(8-6-14)16-4-3-15(21(22)23)13-17(16)24-2;1-19-9-11-20(12-10-19)15-5-7-21(8-6-15)16-4-3-14(18)13-17(16)22-2;1-2-3-5(8)12-6(9)4(11-3)7(10)13;6-5-1-3-7-4-2-5/h5-6,15,17H,4,7-14H2,1-3H3,(H2,26,33)(H,27,29);3-4,13-14H,5-12H2,1-2H3;3-4,13,15H,5-12,18H2,1-2H3;2H2,1H3,(H2,10,13);5H,1-4,6H2/i11D2,12D2,13D2,14D2;2*9D2,10D2,11D2,12D2;;. The van der Waals surface area contributed by atoms with Crippen LogP contribution in [0, 0.1) is 10.1 Å². The number of primary amides is 2. The fourth-order valence-corrected chi connectivity index (χ4v) is 12.0. The lowest BCUT2D eigenvalue weighted by molar-refractivity contribution is -0.384. The van der Waals surface area contributed by atoms with Crippen LogP contribution in [0.5, 0.6) is 17.2 Å². The molecule has 550 valence electrons. The highest BCUT2D eigenvalue weighted by molar-refractivity contribution is 6.34. The van der Waals surface area contributed by atoms with Gasteiger partial charge < -0.3 is 76.6 Å². The number of ether oxygens (including phenoxy) is 4. The molecular weight excluding hydrogens is 1340 g/mol. The SMILES string of the molecule is CCc1nc(C(N)=O)c(Cl)nc1Cl.NC1CCOCC1.[2H]C1([2H])N(C)C([2H])([2H])C([2H])([2H])N(C2CCN(c3ccc(N)cc3OC)CC2)C1([2H])[2H].[2H]C1([2H])N(C)C([2H])([2H])C([2H])([2H])N(C2CCN(c3ccc(Nc4nc(Cl)c(CC)nc4C(N)=O)cc3OC)CC2)C1([2H])[2H].[2H]C1([2H])N(C)C([2H])([2H])C([2H])([2H])N(C2CCN(c3ccc([N+](=O)[O-])cc3OC)CC2)C1([2H])[2H]. The van der Waals surface area contributed by atoms with E-state index in [4.69, 9.17) is 110 Å². The van der Waals surface area contributed by atoms with Crippen LogP contribution in [-0.4, -0.2) is 263 Å². The lowest BCUT2D eigenvalue weighted by atomic mass is 10.0. The van der Waals surface area contributed by atoms with Gasteiger partial charge in [0.25, 0.3) is 17.5 Å². The Labute approximate surface area is 638 Å². The third kappa shape index (κ3) is 22.3. The number of methoxy groups -OCH3 is 3. The fourth-order valence-electron chi connectivity index (χ4n) is 11.2. The third-order valence-electron chi connectivity index (χ3n) is 16.8. The molecule has 7 saturated heterocycles. The van der Waals surface area contributed by atoms with Crippen LogP contribution in [0.2, 0.25) is 15.5 Å². The Morgan fingerprint density at radius 2 is 0.940 bits per heavy atom. The van der Waals surface area contributed by atoms with Crippen LogP contribution in [0.1, 0.15) is 130 Å². The first-order valence-electron chi connectivity index (χ1n) is 44.4. The molecule has 5 aromatic rings. The van der Waals surface area contributed by atoms with Crippen LogP contribution in [0.4, 0.5) is 39.9 Å². The van der Waals surface area contributed by atoms with Crippen molar-refractivity contribution < 1.29 is 66.4 Å². The molecule has 9 N–H and O–H groups in total. The number of aromatic nitrogens is 4. The van der Waals surface area contributed by atoms with Crippen molar-refractivity contribution in [3.8, 4) is 17.2 Å². The van der Waals surface area contributed by atoms with E-state index in [1.165, 1.54) is 26.4 Å². The van der Waals surface area contributed by atoms with Gasteiger partial charge in [-0.1, -0.05) is 48.7 Å². The molecule has 2 aromatic heterocycles. The van der Waals surface area contributed by atoms with E-state index >= 15 is 0 Å². The summed E-state index contributed by atoms with van der Waals surface area (Å²) in [6.45, 7) is -25.6. The normalized spacial score (nSPS) is 28.7. The van der Waals surface area contributed by atoms with E-state index in [9.17, 15) is 19.7 Å². The number of halogens is 3. The van der Waals surface area contributed by atoms with Crippen molar-refractivity contribution in [1.82, 2.24) is 49.3 Å². The van der Waals surface area contributed by atoms with Gasteiger partial charge in [0.15, 0.2) is 32.7 Å². The minimum absolute atomic E-state index is 0.0390. The maximum atomic E-state index is 12.0. The zero-order chi connectivity index (χ0) is 93.5. The highest BCUT2D eigenvalue weighted by Crippen LogP contribution is 2.38. The maximum Gasteiger partial charge on any atom is 0.273 e. The van der Waals surface area contributed by atoms with Gasteiger partial charge in [0.05, 0.1) is 60.8 Å². The van der Waals surface area contributed by atoms with Crippen LogP contribution < -0.4 is 57.2 Å². The summed E-state index contributed by atoms with van der Waals surface area (Å²) in [5.41, 5.74) is 25.8. The van der Waals surface area contributed by atoms with Crippen molar-refractivity contribution in [3.63, 3.8) is 0 Å². The molecule has 0 unspecified atom stereocenters. The molecule has 27 nitrogen and oxygen atoms in total. The lowest BCUT2D eigenvalue weighted by Crippen LogP contribution is -2.52. The molecule has 0 spiro atoms. The van der Waals surface area contributed by atoms with Crippen molar-refractivity contribution in [3.05, 3.63) is 103 Å². The number of hydrogen-bond donors (Lipinski definition) is 5. The number of benzene rings is 3. The topological polar surface area (TPSA) is 311 Å². The van der Waals surface area contributed by atoms with Gasteiger partial charge >= 0.3 is 0 Å². The Balaban J connectivity index is 0.000000209. The van der Waals surface area contributed by atoms with Crippen LogP contribution in [0.15, 0.2) is 54.6 Å². The number of nitrogens with one attached hydrogen (secondary N) is 1. The number of anilines is 6. The quantitative estimate of drug-likeness (QED) is 0.0360. The Morgan fingerprint density at radius 3 is 1.32 bits per heavy atom. The number of piperazine rings is 3. The number of non-ortho nitro benzene ring substituents is 1. The molecule has 100 heavy (non-hydrogen) atoms. The summed E-state index contributed by atoms with van der Waals surface area (Å²) in [5, 5.41) is 14.3. The maximum absolute atomic E-state index is 12.0. The van der Waals surface area contributed by atoms with Crippen molar-refractivity contribution >= 4 is 86.6 Å². The van der Waals surface area contributed by atoms with E-state index in [1.54, 1.807) is 43.5 Å². The van der Waals surface area contributed by atoms with Crippen LogP contribution >= 0.6 is 34.8 Å². The minimum Gasteiger partial charge on any atom is -0.495 e. The van der Waals surface area contributed by atoms with E-state index in [0.717, 1.165) is 62.7 Å². The first-order chi connectivity index (χ1) is 57.2. The van der Waals surface area contributed by atoms with Crippen molar-refractivity contribution in [1.29, 1.82) is 0 Å². The number of nitro groups is 1. The third-order valence-corrected chi connectivity index (χ3v) is 17.6. The van der Waals surface area contributed by atoms with E-state index in [1.807, 2.05) is 34.6 Å². The predicted octanol–water partition coefficient (Wildman–Crippen LogP) is 7.64. The Bertz CT molecular complexity index is 4530. The van der Waals surface area contributed by atoms with Crippen LogP contribution in [0.25, 0.3) is 0 Å². The number of carbonyl (C=O) groups excluding carboxylic acids is 2. The number of hydrogen-bond acceptors (Lipinski definition) is 24. The number of nitro benzene ring substituents is 1. The lowest BCUT2D eigenvalue weighted by Gasteiger charge is -2.42. The number of amides is 2. The molecule has 0 bridgehead atoms. The molecule has 7 aliphatic heterocycles. The van der Waals surface area contributed by atoms with E-state index < -0.39 is 113 Å². The number of rotatable bonds is 16. The van der Waals surface area contributed by atoms with Crippen molar-refractivity contribution in [2.75, 3.05) is 199 Å². The molecule has 0 saturated carbocycles. The average molecular weight is 1470 g/mol. The van der Waals surface area contributed by atoms with Gasteiger partial charge in [-0.15, -0.1) is 0 Å². The zero-order valence-electron chi connectivity index (χ0n) is 81.2. The molecule has 0 atom stereocenters. The summed E-state index contributed by atoms with van der Waals surface area (Å²) in [6.07, 6.45) is 4.75. The molecule has 0 aliphatic carbocycles. The number of nitrogen functional groups attached to an aromatic ring is 1. The number of carbonyl (C=O) groups is 2. The first kappa shape index (κ1) is 51.3. The molecule has 2 amide bonds. The molecule has 9 heterocycles. The summed E-state index contributed by atoms with van der Waals surface area (Å²) < 4.78 is 221. The summed E-state index contributed by atoms with van der Waals surface area (Å²) in [5.74, 6) is 0.000822. The van der Waals surface area contributed by atoms with E-state index in [2.05, 4.69) is 25.3 Å². The molecule has 7 fully saturated rings. The number of nitrogens with two attached hydrogens (primary N) is 4. The fraction of sp³-hybridized carbons (Fsp3) is 0.600. The highest BCUT2D eigenvalue weighted by Gasteiger charge is 2.32. The second-order valence-corrected chi connectivity index (χ2v) is 24.6. The summed E-state index contributed by atoms with van der Waals surface area (Å²) in [6, 6.07) is 12.9. The van der Waals surface area contributed by atoms with Crippen molar-refractivity contribution in [2.45, 2.75) is 102 Å². The van der Waals surface area contributed by atoms with Gasteiger partial charge in [0.1, 0.15) is 17.2 Å². The van der Waals surface area contributed by atoms with Gasteiger partial charge in [0, 0.05) is 217 Å². The predicted molar refractivity (Wildman–Crippen MR) is 399 cm³/mol. The Kier molecular flexibility index (Phi) is 20.0. The minimum atomic E-state index is -2.81. The average Bonchev–Trinajstić information content (AvgIpc) is 0.702. The molecule has 12 rings (SSSR count). The smallest absolute Gasteiger partial charge is 0.273 e. The molecule has 30 heteroatoms. The van der Waals surface area contributed by atoms with Crippen molar-refractivity contribution in [2.24, 2.45) is 17.2 Å². The Hall–Kier alpha value is -6.89. The van der Waals surface area contributed by atoms with Gasteiger partial charge in [-0.2, -0.15) is 0 Å². The number of likely N-dealkylation sites (N-methyl/N-ethyl adjacent to an activating group) is 3. The number of piperidine rings is 3. The Morgan fingerprint density at radius 1 is 0.560 bits per heavy atom. The van der Waals surface area contributed by atoms with E-state index in [0.29, 0.717) is 142 Å². The van der Waals surface area contributed by atoms with Crippen LogP contribution in [0.3, 0.4) is 0 Å². The number of aryl methyl sites for hydroxylation is 2. The van der Waals surface area contributed by atoms with Gasteiger partial charge in [-0.05, 0) is 116 Å². The highest BCUT2D eigenvalue weighted by atomic mass is 35.5. The molecule has 0 radical (unpaired) electrons. The molecular formula is C70H106Cl3N19O8. The molecule has 7 aliphatic rings. The monoisotopic (exact) mass is 1470 g/mol. The zero-order valence-corrected chi connectivity index (χ0v) is 59.5. The summed E-state index contributed by atoms with van der Waals surface area (Å²) >= 11 is 17.5. The largest absolute Gasteiger partial charge is 0.495 e. The van der Waals surface area contributed by atoms with Gasteiger partial charge in [0.2, 0.25) is 0 Å². The van der Waals surface area contributed by atoms with Gasteiger partial charge in [-0.25, -0.2) is 19.9 Å².